The van der Waals surface area contributed by atoms with Crippen LogP contribution in [0.25, 0.3) is 0 Å². The van der Waals surface area contributed by atoms with Gasteiger partial charge in [-0.05, 0) is 42.5 Å². The molecule has 0 saturated heterocycles. The molecule has 102 valence electrons. The largest absolute Gasteiger partial charge is 0.318 e. The average molecular weight is 293 g/mol. The van der Waals surface area contributed by atoms with Crippen LogP contribution in [0.1, 0.15) is 0 Å². The van der Waals surface area contributed by atoms with Crippen LogP contribution in [-0.2, 0) is 9.59 Å². The highest BCUT2D eigenvalue weighted by atomic mass is 35.5. The molecule has 6 heteroatoms. The number of halogens is 2. The van der Waals surface area contributed by atoms with Gasteiger partial charge in [0.1, 0.15) is 5.82 Å². The lowest BCUT2D eigenvalue weighted by atomic mass is 10.3. The van der Waals surface area contributed by atoms with E-state index in [-0.39, 0.29) is 5.69 Å². The van der Waals surface area contributed by atoms with Gasteiger partial charge in [0, 0.05) is 16.4 Å². The van der Waals surface area contributed by atoms with E-state index in [4.69, 9.17) is 11.6 Å². The van der Waals surface area contributed by atoms with E-state index in [9.17, 15) is 14.0 Å². The van der Waals surface area contributed by atoms with Crippen LogP contribution in [0.2, 0.25) is 5.02 Å². The van der Waals surface area contributed by atoms with Crippen LogP contribution in [0, 0.1) is 5.82 Å². The molecule has 0 aliphatic rings. The Morgan fingerprint density at radius 2 is 1.50 bits per heavy atom. The molecule has 0 aliphatic heterocycles. The highest BCUT2D eigenvalue weighted by Gasteiger charge is 2.14. The van der Waals surface area contributed by atoms with Crippen LogP contribution in [0.3, 0.4) is 0 Å². The van der Waals surface area contributed by atoms with Crippen molar-refractivity contribution in [2.45, 2.75) is 0 Å². The number of hydrogen-bond acceptors (Lipinski definition) is 2. The predicted molar refractivity (Wildman–Crippen MR) is 75.1 cm³/mol. The number of carbonyl (C=O) groups is 2. The minimum absolute atomic E-state index is 0.209. The first-order valence-electron chi connectivity index (χ1n) is 5.68. The summed E-state index contributed by atoms with van der Waals surface area (Å²) in [7, 11) is 0. The monoisotopic (exact) mass is 292 g/mol. The fraction of sp³-hybridized carbons (Fsp3) is 0. The smallest absolute Gasteiger partial charge is 0.314 e. The van der Waals surface area contributed by atoms with Crippen molar-refractivity contribution in [3.63, 3.8) is 0 Å². The van der Waals surface area contributed by atoms with E-state index in [1.165, 1.54) is 18.2 Å². The zero-order valence-electron chi connectivity index (χ0n) is 10.2. The van der Waals surface area contributed by atoms with E-state index in [1.807, 2.05) is 0 Å². The van der Waals surface area contributed by atoms with Gasteiger partial charge in [0.05, 0.1) is 0 Å². The first-order valence-corrected chi connectivity index (χ1v) is 6.06. The van der Waals surface area contributed by atoms with Gasteiger partial charge < -0.3 is 10.6 Å². The van der Waals surface area contributed by atoms with Crippen molar-refractivity contribution in [1.29, 1.82) is 0 Å². The highest BCUT2D eigenvalue weighted by Crippen LogP contribution is 2.13. The zero-order chi connectivity index (χ0) is 14.5. The molecule has 0 heterocycles. The van der Waals surface area contributed by atoms with Crippen LogP contribution in [0.5, 0.6) is 0 Å². The molecule has 2 aromatic rings. The molecule has 0 saturated carbocycles. The molecule has 0 unspecified atom stereocenters. The lowest BCUT2D eigenvalue weighted by molar-refractivity contribution is -0.133. The summed E-state index contributed by atoms with van der Waals surface area (Å²) in [6.07, 6.45) is 0. The van der Waals surface area contributed by atoms with Crippen molar-refractivity contribution >= 4 is 34.8 Å². The molecule has 0 fully saturated rings. The Labute approximate surface area is 119 Å². The molecule has 2 aromatic carbocycles. The fourth-order valence-corrected chi connectivity index (χ4v) is 1.60. The molecule has 20 heavy (non-hydrogen) atoms. The molecular formula is C14H10ClFN2O2. The SMILES string of the molecule is O=C(Nc1ccc(Cl)cc1)C(=O)Nc1cccc(F)c1. The molecule has 0 aliphatic carbocycles. The van der Waals surface area contributed by atoms with E-state index in [2.05, 4.69) is 10.6 Å². The Morgan fingerprint density at radius 3 is 2.10 bits per heavy atom. The third-order valence-electron chi connectivity index (χ3n) is 2.39. The molecule has 4 nitrogen and oxygen atoms in total. The third-order valence-corrected chi connectivity index (χ3v) is 2.64. The summed E-state index contributed by atoms with van der Waals surface area (Å²) >= 11 is 5.71. The standard InChI is InChI=1S/C14H10ClFN2O2/c15-9-4-6-11(7-5-9)17-13(19)14(20)18-12-3-1-2-10(16)8-12/h1-8H,(H,17,19)(H,18,20). The van der Waals surface area contributed by atoms with E-state index in [1.54, 1.807) is 24.3 Å². The maximum atomic E-state index is 12.9. The number of carbonyl (C=O) groups excluding carboxylic acids is 2. The van der Waals surface area contributed by atoms with Gasteiger partial charge in [-0.2, -0.15) is 0 Å². The molecular weight excluding hydrogens is 283 g/mol. The van der Waals surface area contributed by atoms with Crippen molar-refractivity contribution in [3.05, 3.63) is 59.4 Å². The Kier molecular flexibility index (Phi) is 4.32. The van der Waals surface area contributed by atoms with Crippen LogP contribution in [0.15, 0.2) is 48.5 Å². The summed E-state index contributed by atoms with van der Waals surface area (Å²) < 4.78 is 12.9. The summed E-state index contributed by atoms with van der Waals surface area (Å²) in [5.74, 6) is -2.23. The van der Waals surface area contributed by atoms with Crippen LogP contribution in [-0.4, -0.2) is 11.8 Å². The topological polar surface area (TPSA) is 58.2 Å². The maximum Gasteiger partial charge on any atom is 0.314 e. The highest BCUT2D eigenvalue weighted by molar-refractivity contribution is 6.43. The molecule has 0 atom stereocenters. The fourth-order valence-electron chi connectivity index (χ4n) is 1.48. The van der Waals surface area contributed by atoms with Crippen LogP contribution < -0.4 is 10.6 Å². The van der Waals surface area contributed by atoms with E-state index < -0.39 is 17.6 Å². The Hall–Kier alpha value is -2.40. The summed E-state index contributed by atoms with van der Waals surface area (Å²) in [6.45, 7) is 0. The van der Waals surface area contributed by atoms with Gasteiger partial charge in [-0.1, -0.05) is 17.7 Å². The summed E-state index contributed by atoms with van der Waals surface area (Å²) in [5.41, 5.74) is 0.648. The minimum atomic E-state index is -0.884. The lowest BCUT2D eigenvalue weighted by Crippen LogP contribution is -2.29. The van der Waals surface area contributed by atoms with Crippen molar-refractivity contribution in [2.24, 2.45) is 0 Å². The molecule has 2 rings (SSSR count). The van der Waals surface area contributed by atoms with Crippen molar-refractivity contribution in [3.8, 4) is 0 Å². The van der Waals surface area contributed by atoms with Crippen LogP contribution in [0.4, 0.5) is 15.8 Å². The minimum Gasteiger partial charge on any atom is -0.318 e. The lowest BCUT2D eigenvalue weighted by Gasteiger charge is -2.06. The van der Waals surface area contributed by atoms with Gasteiger partial charge in [-0.3, -0.25) is 9.59 Å². The number of benzene rings is 2. The van der Waals surface area contributed by atoms with Crippen molar-refractivity contribution in [2.75, 3.05) is 10.6 Å². The first-order chi connectivity index (χ1) is 9.54. The second kappa shape index (κ2) is 6.16. The number of anilines is 2. The third kappa shape index (κ3) is 3.80. The van der Waals surface area contributed by atoms with Gasteiger partial charge in [0.25, 0.3) is 0 Å². The van der Waals surface area contributed by atoms with E-state index in [0.29, 0.717) is 10.7 Å². The van der Waals surface area contributed by atoms with Crippen LogP contribution >= 0.6 is 11.6 Å². The normalized spacial score (nSPS) is 9.90. The summed E-state index contributed by atoms with van der Waals surface area (Å²) in [6, 6.07) is 11.6. The zero-order valence-corrected chi connectivity index (χ0v) is 10.9. The Morgan fingerprint density at radius 1 is 0.900 bits per heavy atom. The molecule has 2 N–H and O–H groups in total. The van der Waals surface area contributed by atoms with Gasteiger partial charge in [0.15, 0.2) is 0 Å². The quantitative estimate of drug-likeness (QED) is 0.836. The number of nitrogens with one attached hydrogen (secondary N) is 2. The van der Waals surface area contributed by atoms with Crippen molar-refractivity contribution in [1.82, 2.24) is 0 Å². The molecule has 0 aromatic heterocycles. The molecule has 0 bridgehead atoms. The molecule has 2 amide bonds. The van der Waals surface area contributed by atoms with Gasteiger partial charge in [0.2, 0.25) is 0 Å². The summed E-state index contributed by atoms with van der Waals surface area (Å²) in [5, 5.41) is 5.22. The second-order valence-corrected chi connectivity index (χ2v) is 4.36. The van der Waals surface area contributed by atoms with Gasteiger partial charge >= 0.3 is 11.8 Å². The Balaban J connectivity index is 1.98. The number of hydrogen-bond donors (Lipinski definition) is 2. The number of rotatable bonds is 2. The Bertz CT molecular complexity index is 644. The van der Waals surface area contributed by atoms with Gasteiger partial charge in [-0.15, -0.1) is 0 Å². The summed E-state index contributed by atoms with van der Waals surface area (Å²) in [4.78, 5) is 23.3. The molecule has 0 radical (unpaired) electrons. The number of amides is 2. The predicted octanol–water partition coefficient (Wildman–Crippen LogP) is 3.06. The first kappa shape index (κ1) is 14.0. The van der Waals surface area contributed by atoms with E-state index in [0.717, 1.165) is 6.07 Å². The average Bonchev–Trinajstić information content (AvgIpc) is 2.41. The van der Waals surface area contributed by atoms with E-state index >= 15 is 0 Å². The maximum absolute atomic E-state index is 12.9. The molecule has 0 spiro atoms. The van der Waals surface area contributed by atoms with Gasteiger partial charge in [-0.25, -0.2) is 4.39 Å². The second-order valence-electron chi connectivity index (χ2n) is 3.93. The van der Waals surface area contributed by atoms with Crippen molar-refractivity contribution < 1.29 is 14.0 Å².